The molecule has 96 valence electrons. The van der Waals surface area contributed by atoms with Crippen molar-refractivity contribution in [2.24, 2.45) is 5.73 Å². The number of nitrogens with two attached hydrogens (primary N) is 1. The number of para-hydroxylation sites is 1. The summed E-state index contributed by atoms with van der Waals surface area (Å²) in [5.41, 5.74) is 5.36. The second-order valence-corrected chi connectivity index (χ2v) is 3.59. The molecule has 0 radical (unpaired) electrons. The van der Waals surface area contributed by atoms with Crippen LogP contribution >= 0.6 is 0 Å². The molecule has 1 rings (SSSR count). The summed E-state index contributed by atoms with van der Waals surface area (Å²) in [5, 5.41) is 2.28. The molecule has 17 heavy (non-hydrogen) atoms. The molecular weight excluding hydrogens is 233 g/mol. The van der Waals surface area contributed by atoms with Crippen molar-refractivity contribution in [3.05, 3.63) is 30.3 Å². The molecule has 3 N–H and O–H groups in total. The van der Waals surface area contributed by atoms with Crippen molar-refractivity contribution < 1.29 is 17.9 Å². The average molecular weight is 248 g/mol. The number of hydrogen-bond acceptors (Lipinski definition) is 3. The van der Waals surface area contributed by atoms with E-state index in [9.17, 15) is 13.2 Å². The number of halogens is 3. The van der Waals surface area contributed by atoms with Crippen LogP contribution in [0.2, 0.25) is 0 Å². The van der Waals surface area contributed by atoms with Gasteiger partial charge in [0.25, 0.3) is 0 Å². The molecule has 0 aromatic heterocycles. The topological polar surface area (TPSA) is 47.3 Å². The van der Waals surface area contributed by atoms with E-state index < -0.39 is 18.4 Å². The van der Waals surface area contributed by atoms with E-state index in [0.29, 0.717) is 5.75 Å². The van der Waals surface area contributed by atoms with E-state index in [2.05, 4.69) is 5.32 Å². The van der Waals surface area contributed by atoms with E-state index in [1.807, 2.05) is 0 Å². The fourth-order valence-electron chi connectivity index (χ4n) is 1.19. The van der Waals surface area contributed by atoms with Crippen LogP contribution in [0.25, 0.3) is 0 Å². The zero-order chi connectivity index (χ0) is 12.9. The lowest BCUT2D eigenvalue weighted by Gasteiger charge is -2.24. The Morgan fingerprint density at radius 2 is 1.88 bits per heavy atom. The van der Waals surface area contributed by atoms with E-state index in [0.717, 1.165) is 6.92 Å². The Bertz CT molecular complexity index is 329. The summed E-state index contributed by atoms with van der Waals surface area (Å²) < 4.78 is 42.3. The molecule has 0 amide bonds. The largest absolute Gasteiger partial charge is 0.474 e. The van der Waals surface area contributed by atoms with Crippen LogP contribution in [0.1, 0.15) is 6.92 Å². The monoisotopic (exact) mass is 248 g/mol. The molecule has 0 fully saturated rings. The quantitative estimate of drug-likeness (QED) is 0.782. The van der Waals surface area contributed by atoms with Gasteiger partial charge in [0.15, 0.2) is 6.23 Å². The Labute approximate surface area is 97.8 Å². The highest BCUT2D eigenvalue weighted by atomic mass is 19.4. The zero-order valence-corrected chi connectivity index (χ0v) is 9.37. The molecule has 3 nitrogen and oxygen atoms in total. The number of ether oxygens (including phenoxy) is 1. The highest BCUT2D eigenvalue weighted by Crippen LogP contribution is 2.20. The molecule has 6 heteroatoms. The fraction of sp³-hybridized carbons (Fsp3) is 0.455. The van der Waals surface area contributed by atoms with Crippen LogP contribution in [-0.4, -0.2) is 25.0 Å². The minimum Gasteiger partial charge on any atom is -0.474 e. The Balaban J connectivity index is 2.55. The molecule has 0 saturated heterocycles. The van der Waals surface area contributed by atoms with E-state index in [-0.39, 0.29) is 6.54 Å². The standard InChI is InChI=1S/C11H15F3N2O/c1-8(11(12,13)14)16-10(7-15)17-9-5-3-2-4-6-9/h2-6,8,10,16H,7,15H2,1H3. The van der Waals surface area contributed by atoms with Gasteiger partial charge < -0.3 is 10.5 Å². The highest BCUT2D eigenvalue weighted by molar-refractivity contribution is 5.21. The molecule has 0 aliphatic heterocycles. The van der Waals surface area contributed by atoms with Crippen LogP contribution in [0.3, 0.4) is 0 Å². The van der Waals surface area contributed by atoms with Crippen molar-refractivity contribution in [3.8, 4) is 5.75 Å². The van der Waals surface area contributed by atoms with Gasteiger partial charge >= 0.3 is 6.18 Å². The van der Waals surface area contributed by atoms with Crippen molar-refractivity contribution in [1.29, 1.82) is 0 Å². The van der Waals surface area contributed by atoms with Gasteiger partial charge in [0.2, 0.25) is 0 Å². The predicted molar refractivity (Wildman–Crippen MR) is 58.6 cm³/mol. The molecule has 0 aliphatic rings. The van der Waals surface area contributed by atoms with Crippen LogP contribution in [0.15, 0.2) is 30.3 Å². The van der Waals surface area contributed by atoms with Crippen molar-refractivity contribution in [2.75, 3.05) is 6.54 Å². The molecule has 0 spiro atoms. The highest BCUT2D eigenvalue weighted by Gasteiger charge is 2.37. The summed E-state index contributed by atoms with van der Waals surface area (Å²) >= 11 is 0. The fourth-order valence-corrected chi connectivity index (χ4v) is 1.19. The Hall–Kier alpha value is -1.27. The van der Waals surface area contributed by atoms with Gasteiger partial charge in [-0.25, -0.2) is 0 Å². The van der Waals surface area contributed by atoms with Crippen molar-refractivity contribution in [1.82, 2.24) is 5.32 Å². The van der Waals surface area contributed by atoms with Gasteiger partial charge in [-0.15, -0.1) is 0 Å². The normalized spacial score (nSPS) is 15.4. The van der Waals surface area contributed by atoms with E-state index in [1.165, 1.54) is 0 Å². The summed E-state index contributed by atoms with van der Waals surface area (Å²) in [6, 6.07) is 6.90. The molecule has 2 unspecified atom stereocenters. The summed E-state index contributed by atoms with van der Waals surface area (Å²) in [5.74, 6) is 0.477. The molecule has 0 saturated carbocycles. The van der Waals surface area contributed by atoms with Crippen molar-refractivity contribution >= 4 is 0 Å². The Kier molecular flexibility index (Phi) is 4.77. The smallest absolute Gasteiger partial charge is 0.403 e. The first-order chi connectivity index (χ1) is 7.93. The predicted octanol–water partition coefficient (Wildman–Crippen LogP) is 1.89. The average Bonchev–Trinajstić information content (AvgIpc) is 2.28. The second kappa shape index (κ2) is 5.88. The molecule has 0 heterocycles. The first kappa shape index (κ1) is 13.8. The number of alkyl halides is 3. The number of nitrogens with one attached hydrogen (secondary N) is 1. The van der Waals surface area contributed by atoms with E-state index in [4.69, 9.17) is 10.5 Å². The number of hydrogen-bond donors (Lipinski definition) is 2. The van der Waals surface area contributed by atoms with Gasteiger partial charge in [0, 0.05) is 6.54 Å². The third-order valence-corrected chi connectivity index (χ3v) is 2.16. The van der Waals surface area contributed by atoms with Crippen LogP contribution < -0.4 is 15.8 Å². The minimum atomic E-state index is -4.31. The molecule has 1 aromatic rings. The lowest BCUT2D eigenvalue weighted by Crippen LogP contribution is -2.50. The molecule has 2 atom stereocenters. The van der Waals surface area contributed by atoms with Gasteiger partial charge in [0.1, 0.15) is 11.8 Å². The van der Waals surface area contributed by atoms with Crippen LogP contribution in [0.4, 0.5) is 13.2 Å². The van der Waals surface area contributed by atoms with Crippen molar-refractivity contribution in [2.45, 2.75) is 25.4 Å². The lowest BCUT2D eigenvalue weighted by atomic mass is 10.3. The van der Waals surface area contributed by atoms with E-state index in [1.54, 1.807) is 30.3 Å². The Morgan fingerprint density at radius 1 is 1.29 bits per heavy atom. The van der Waals surface area contributed by atoms with Gasteiger partial charge in [-0.05, 0) is 19.1 Å². The molecule has 0 bridgehead atoms. The second-order valence-electron chi connectivity index (χ2n) is 3.59. The first-order valence-electron chi connectivity index (χ1n) is 5.18. The third-order valence-electron chi connectivity index (χ3n) is 2.16. The zero-order valence-electron chi connectivity index (χ0n) is 9.37. The summed E-state index contributed by atoms with van der Waals surface area (Å²) in [6.45, 7) is 0.978. The summed E-state index contributed by atoms with van der Waals surface area (Å²) in [4.78, 5) is 0. The van der Waals surface area contributed by atoms with Gasteiger partial charge in [0.05, 0.1) is 0 Å². The van der Waals surface area contributed by atoms with Crippen molar-refractivity contribution in [3.63, 3.8) is 0 Å². The molecule has 1 aromatic carbocycles. The Morgan fingerprint density at radius 3 is 2.35 bits per heavy atom. The molecule has 0 aliphatic carbocycles. The maximum absolute atomic E-state index is 12.3. The molecular formula is C11H15F3N2O. The van der Waals surface area contributed by atoms with Crippen LogP contribution in [-0.2, 0) is 0 Å². The van der Waals surface area contributed by atoms with Gasteiger partial charge in [-0.1, -0.05) is 18.2 Å². The SMILES string of the molecule is CC(NC(CN)Oc1ccccc1)C(F)(F)F. The summed E-state index contributed by atoms with van der Waals surface area (Å²) in [6.07, 6.45) is -5.18. The van der Waals surface area contributed by atoms with Crippen LogP contribution in [0.5, 0.6) is 5.75 Å². The maximum Gasteiger partial charge on any atom is 0.403 e. The first-order valence-corrected chi connectivity index (χ1v) is 5.18. The lowest BCUT2D eigenvalue weighted by molar-refractivity contribution is -0.157. The van der Waals surface area contributed by atoms with E-state index >= 15 is 0 Å². The number of rotatable bonds is 5. The van der Waals surface area contributed by atoms with Crippen LogP contribution in [0, 0.1) is 0 Å². The number of benzene rings is 1. The summed E-state index contributed by atoms with van der Waals surface area (Å²) in [7, 11) is 0. The van der Waals surface area contributed by atoms with Gasteiger partial charge in [-0.3, -0.25) is 5.32 Å². The maximum atomic E-state index is 12.3. The van der Waals surface area contributed by atoms with Gasteiger partial charge in [-0.2, -0.15) is 13.2 Å². The minimum absolute atomic E-state index is 0.0463. The third kappa shape index (κ3) is 4.62.